The van der Waals surface area contributed by atoms with Crippen molar-refractivity contribution < 1.29 is 4.39 Å². The quantitative estimate of drug-likeness (QED) is 0.633. The first-order chi connectivity index (χ1) is 15.0. The molecule has 158 valence electrons. The van der Waals surface area contributed by atoms with Gasteiger partial charge in [0.15, 0.2) is 0 Å². The summed E-state index contributed by atoms with van der Waals surface area (Å²) in [6, 6.07) is 16.7. The van der Waals surface area contributed by atoms with E-state index in [0.717, 1.165) is 67.7 Å². The molecule has 1 aromatic heterocycles. The Hall–Kier alpha value is -3.33. The van der Waals surface area contributed by atoms with Crippen LogP contribution in [0.15, 0.2) is 53.3 Å². The number of pyridine rings is 1. The van der Waals surface area contributed by atoms with Gasteiger partial charge in [-0.3, -0.25) is 4.79 Å². The van der Waals surface area contributed by atoms with Crippen LogP contribution < -0.4 is 15.4 Å². The fourth-order valence-corrected chi connectivity index (χ4v) is 5.33. The lowest BCUT2D eigenvalue weighted by atomic mass is 9.77. The van der Waals surface area contributed by atoms with Gasteiger partial charge >= 0.3 is 0 Å². The number of anilines is 2. The molecular formula is C25H25FN4O. The molecule has 2 aliphatic rings. The Morgan fingerprint density at radius 2 is 1.61 bits per heavy atom. The lowest BCUT2D eigenvalue weighted by Gasteiger charge is -2.41. The fourth-order valence-electron chi connectivity index (χ4n) is 5.33. The van der Waals surface area contributed by atoms with Gasteiger partial charge in [-0.2, -0.15) is 5.26 Å². The second-order valence-corrected chi connectivity index (χ2v) is 8.85. The highest BCUT2D eigenvalue weighted by molar-refractivity contribution is 5.94. The number of piperidine rings is 1. The number of hydrogen-bond acceptors (Lipinski definition) is 4. The van der Waals surface area contributed by atoms with Gasteiger partial charge in [-0.1, -0.05) is 18.2 Å². The lowest BCUT2D eigenvalue weighted by Crippen LogP contribution is -2.42. The molecule has 3 aromatic rings. The van der Waals surface area contributed by atoms with Gasteiger partial charge in [0, 0.05) is 44.3 Å². The number of hydrogen-bond donors (Lipinski definition) is 0. The Kier molecular flexibility index (Phi) is 4.70. The Labute approximate surface area is 180 Å². The van der Waals surface area contributed by atoms with Crippen molar-refractivity contribution in [1.29, 1.82) is 5.26 Å². The third-order valence-electron chi connectivity index (χ3n) is 7.16. The Balaban J connectivity index is 1.41. The van der Waals surface area contributed by atoms with Crippen LogP contribution in [0, 0.1) is 22.6 Å². The van der Waals surface area contributed by atoms with Gasteiger partial charge < -0.3 is 14.4 Å². The first kappa shape index (κ1) is 19.6. The Morgan fingerprint density at radius 3 is 2.29 bits per heavy atom. The number of nitriles is 1. The van der Waals surface area contributed by atoms with Crippen molar-refractivity contribution in [3.05, 3.63) is 70.3 Å². The van der Waals surface area contributed by atoms with E-state index < -0.39 is 0 Å². The summed E-state index contributed by atoms with van der Waals surface area (Å²) >= 11 is 0. The zero-order valence-electron chi connectivity index (χ0n) is 17.6. The molecule has 0 N–H and O–H groups in total. The second kappa shape index (κ2) is 7.42. The highest BCUT2D eigenvalue weighted by Crippen LogP contribution is 2.43. The van der Waals surface area contributed by atoms with E-state index in [9.17, 15) is 14.4 Å². The van der Waals surface area contributed by atoms with E-state index in [1.807, 2.05) is 36.4 Å². The molecule has 0 radical (unpaired) electrons. The van der Waals surface area contributed by atoms with Crippen molar-refractivity contribution in [2.75, 3.05) is 36.0 Å². The number of halogens is 1. The summed E-state index contributed by atoms with van der Waals surface area (Å²) in [5.74, 6) is -0.208. The summed E-state index contributed by atoms with van der Waals surface area (Å²) in [5.41, 5.74) is 2.93. The average Bonchev–Trinajstić information content (AvgIpc) is 3.21. The number of nitrogens with zero attached hydrogens (tertiary/aromatic N) is 4. The first-order valence-corrected chi connectivity index (χ1v) is 10.8. The van der Waals surface area contributed by atoms with E-state index in [2.05, 4.69) is 15.9 Å². The van der Waals surface area contributed by atoms with E-state index in [-0.39, 0.29) is 22.4 Å². The minimum absolute atomic E-state index is 0.208. The molecular weight excluding hydrogens is 391 g/mol. The van der Waals surface area contributed by atoms with E-state index >= 15 is 0 Å². The topological polar surface area (TPSA) is 52.3 Å². The van der Waals surface area contributed by atoms with Crippen LogP contribution in [-0.2, 0) is 7.05 Å². The number of benzene rings is 2. The predicted molar refractivity (Wildman–Crippen MR) is 121 cm³/mol. The zero-order chi connectivity index (χ0) is 21.6. The summed E-state index contributed by atoms with van der Waals surface area (Å²) in [4.78, 5) is 17.4. The van der Waals surface area contributed by atoms with Gasteiger partial charge in [0.25, 0.3) is 5.56 Å². The summed E-state index contributed by atoms with van der Waals surface area (Å²) in [5, 5.41) is 10.7. The van der Waals surface area contributed by atoms with Gasteiger partial charge in [0.05, 0.1) is 11.2 Å². The molecule has 31 heavy (non-hydrogen) atoms. The van der Waals surface area contributed by atoms with Crippen LogP contribution in [0.3, 0.4) is 0 Å². The lowest BCUT2D eigenvalue weighted by molar-refractivity contribution is 0.251. The van der Waals surface area contributed by atoms with Gasteiger partial charge in [-0.05, 0) is 55.0 Å². The van der Waals surface area contributed by atoms with Crippen molar-refractivity contribution >= 4 is 22.3 Å². The van der Waals surface area contributed by atoms with E-state index in [1.54, 1.807) is 11.6 Å². The zero-order valence-corrected chi connectivity index (χ0v) is 17.6. The fraction of sp³-hybridized carbons (Fsp3) is 0.360. The summed E-state index contributed by atoms with van der Waals surface area (Å²) < 4.78 is 14.9. The molecule has 0 unspecified atom stereocenters. The third kappa shape index (κ3) is 3.25. The standard InChI is InChI=1S/C25H25FN4O/c1-28-22-5-3-2-4-20(22)23(21(16-27)24(28)31)29-13-10-25(11-14-29)12-15-30(17-25)19-8-6-18(26)7-9-19/h2-9H,10-15,17H2,1H3. The Morgan fingerprint density at radius 1 is 0.968 bits per heavy atom. The third-order valence-corrected chi connectivity index (χ3v) is 7.16. The highest BCUT2D eigenvalue weighted by atomic mass is 19.1. The van der Waals surface area contributed by atoms with Crippen LogP contribution in [0.1, 0.15) is 24.8 Å². The van der Waals surface area contributed by atoms with Crippen molar-refractivity contribution in [3.63, 3.8) is 0 Å². The number of aromatic nitrogens is 1. The molecule has 2 saturated heterocycles. The predicted octanol–water partition coefficient (Wildman–Crippen LogP) is 4.05. The monoisotopic (exact) mass is 416 g/mol. The van der Waals surface area contributed by atoms with Crippen molar-refractivity contribution in [1.82, 2.24) is 4.57 Å². The molecule has 2 aliphatic heterocycles. The molecule has 2 fully saturated rings. The second-order valence-electron chi connectivity index (χ2n) is 8.85. The molecule has 6 heteroatoms. The van der Waals surface area contributed by atoms with Crippen LogP contribution in [0.2, 0.25) is 0 Å². The minimum atomic E-state index is -0.236. The van der Waals surface area contributed by atoms with Gasteiger partial charge in [-0.25, -0.2) is 4.39 Å². The first-order valence-electron chi connectivity index (χ1n) is 10.8. The van der Waals surface area contributed by atoms with E-state index in [4.69, 9.17) is 0 Å². The highest BCUT2D eigenvalue weighted by Gasteiger charge is 2.41. The maximum absolute atomic E-state index is 13.3. The molecule has 0 saturated carbocycles. The maximum atomic E-state index is 13.3. The number of aryl methyl sites for hydroxylation is 1. The molecule has 5 nitrogen and oxygen atoms in total. The largest absolute Gasteiger partial charge is 0.371 e. The number of para-hydroxylation sites is 1. The number of fused-ring (bicyclic) bond motifs is 1. The molecule has 0 aliphatic carbocycles. The molecule has 2 aromatic carbocycles. The number of rotatable bonds is 2. The summed E-state index contributed by atoms with van der Waals surface area (Å²) in [6.07, 6.45) is 3.14. The molecule has 0 amide bonds. The van der Waals surface area contributed by atoms with Crippen LogP contribution in [-0.4, -0.2) is 30.7 Å². The minimum Gasteiger partial charge on any atom is -0.371 e. The van der Waals surface area contributed by atoms with Crippen molar-refractivity contribution in [2.45, 2.75) is 19.3 Å². The maximum Gasteiger partial charge on any atom is 0.270 e. The van der Waals surface area contributed by atoms with Gasteiger partial charge in [0.2, 0.25) is 0 Å². The van der Waals surface area contributed by atoms with Gasteiger partial charge in [-0.15, -0.1) is 0 Å². The smallest absolute Gasteiger partial charge is 0.270 e. The summed E-state index contributed by atoms with van der Waals surface area (Å²) in [6.45, 7) is 3.59. The van der Waals surface area contributed by atoms with Crippen LogP contribution in [0.25, 0.3) is 10.9 Å². The molecule has 5 rings (SSSR count). The molecule has 1 spiro atoms. The molecule has 0 bridgehead atoms. The average molecular weight is 417 g/mol. The van der Waals surface area contributed by atoms with Gasteiger partial charge in [0.1, 0.15) is 17.4 Å². The van der Waals surface area contributed by atoms with Crippen LogP contribution in [0.4, 0.5) is 15.8 Å². The van der Waals surface area contributed by atoms with Crippen LogP contribution in [0.5, 0.6) is 0 Å². The van der Waals surface area contributed by atoms with E-state index in [0.29, 0.717) is 0 Å². The SMILES string of the molecule is Cn1c(=O)c(C#N)c(N2CCC3(CCN(c4ccc(F)cc4)C3)CC2)c2ccccc21. The van der Waals surface area contributed by atoms with Crippen molar-refractivity contribution in [3.8, 4) is 6.07 Å². The Bertz CT molecular complexity index is 1230. The van der Waals surface area contributed by atoms with E-state index in [1.165, 1.54) is 12.1 Å². The molecule has 0 atom stereocenters. The van der Waals surface area contributed by atoms with Crippen LogP contribution >= 0.6 is 0 Å². The normalized spacial score (nSPS) is 18.0. The molecule has 3 heterocycles. The summed E-state index contributed by atoms with van der Waals surface area (Å²) in [7, 11) is 1.73. The van der Waals surface area contributed by atoms with Crippen molar-refractivity contribution in [2.24, 2.45) is 12.5 Å².